The van der Waals surface area contributed by atoms with Crippen LogP contribution in [0.2, 0.25) is 10.0 Å². The number of carbonyl (C=O) groups excluding carboxylic acids is 1. The first-order chi connectivity index (χ1) is 12.6. The average molecular weight is 415 g/mol. The summed E-state index contributed by atoms with van der Waals surface area (Å²) in [7, 11) is 0. The van der Waals surface area contributed by atoms with E-state index in [-0.39, 0.29) is 11.8 Å². The molecule has 6 heteroatoms. The van der Waals surface area contributed by atoms with E-state index in [9.17, 15) is 4.79 Å². The van der Waals surface area contributed by atoms with Crippen molar-refractivity contribution in [1.29, 1.82) is 0 Å². The molecule has 0 aromatic heterocycles. The summed E-state index contributed by atoms with van der Waals surface area (Å²) in [6, 6.07) is 5.81. The molecule has 1 N–H and O–H groups in total. The van der Waals surface area contributed by atoms with Crippen LogP contribution in [0.25, 0.3) is 0 Å². The Hall–Kier alpha value is -0.420. The first kappa shape index (κ1) is 20.3. The van der Waals surface area contributed by atoms with Gasteiger partial charge in [-0.2, -0.15) is 11.8 Å². The molecule has 1 aliphatic heterocycles. The number of likely N-dealkylation sites (tertiary alicyclic amines) is 1. The number of thioether (sulfide) groups is 1. The normalized spacial score (nSPS) is 19.8. The van der Waals surface area contributed by atoms with Crippen LogP contribution in [0.3, 0.4) is 0 Å². The van der Waals surface area contributed by atoms with E-state index in [1.807, 2.05) is 30.0 Å². The summed E-state index contributed by atoms with van der Waals surface area (Å²) in [5, 5.41) is 5.17. The number of piperidine rings is 1. The number of nitrogens with one attached hydrogen (secondary N) is 1. The van der Waals surface area contributed by atoms with Gasteiger partial charge in [0.05, 0.1) is 10.0 Å². The fraction of sp³-hybridized carbons (Fsp3) is 0.650. The maximum absolute atomic E-state index is 12.4. The first-order valence-electron chi connectivity index (χ1n) is 9.67. The molecule has 0 bridgehead atoms. The van der Waals surface area contributed by atoms with Crippen molar-refractivity contribution in [2.45, 2.75) is 50.3 Å². The highest BCUT2D eigenvalue weighted by Gasteiger charge is 2.25. The zero-order chi connectivity index (χ0) is 18.4. The minimum absolute atomic E-state index is 0.163. The van der Waals surface area contributed by atoms with Crippen LogP contribution in [0, 0.1) is 5.92 Å². The Morgan fingerprint density at radius 2 is 1.85 bits per heavy atom. The van der Waals surface area contributed by atoms with Crippen molar-refractivity contribution in [1.82, 2.24) is 10.2 Å². The Morgan fingerprint density at radius 1 is 1.12 bits per heavy atom. The molecular weight excluding hydrogens is 387 g/mol. The van der Waals surface area contributed by atoms with Gasteiger partial charge >= 0.3 is 0 Å². The SMILES string of the molecule is O=C(NCCSC1CCCC1)C1CCN(Cc2ccc(Cl)c(Cl)c2)CC1. The van der Waals surface area contributed by atoms with E-state index in [2.05, 4.69) is 10.2 Å². The molecule has 1 amide bonds. The number of amides is 1. The standard InChI is InChI=1S/C20H28Cl2N2OS/c21-18-6-5-15(13-19(18)22)14-24-10-7-16(8-11-24)20(25)23-9-12-26-17-3-1-2-4-17/h5-6,13,16-17H,1-4,7-12,14H2,(H,23,25). The van der Waals surface area contributed by atoms with Gasteiger partial charge in [-0.3, -0.25) is 9.69 Å². The number of rotatable bonds is 7. The second-order valence-corrected chi connectivity index (χ2v) is 9.59. The number of carbonyl (C=O) groups is 1. The van der Waals surface area contributed by atoms with E-state index >= 15 is 0 Å². The number of hydrogen-bond acceptors (Lipinski definition) is 3. The lowest BCUT2D eigenvalue weighted by atomic mass is 9.95. The van der Waals surface area contributed by atoms with Crippen LogP contribution in [-0.4, -0.2) is 41.4 Å². The summed E-state index contributed by atoms with van der Waals surface area (Å²) in [5.74, 6) is 1.45. The summed E-state index contributed by atoms with van der Waals surface area (Å²) in [4.78, 5) is 14.8. The summed E-state index contributed by atoms with van der Waals surface area (Å²) in [6.45, 7) is 3.58. The monoisotopic (exact) mass is 414 g/mol. The zero-order valence-electron chi connectivity index (χ0n) is 15.2. The third-order valence-electron chi connectivity index (χ3n) is 5.41. The molecule has 1 aromatic carbocycles. The van der Waals surface area contributed by atoms with Crippen LogP contribution >= 0.6 is 35.0 Å². The van der Waals surface area contributed by atoms with Crippen LogP contribution in [0.5, 0.6) is 0 Å². The maximum atomic E-state index is 12.4. The van der Waals surface area contributed by atoms with Crippen LogP contribution < -0.4 is 5.32 Å². The van der Waals surface area contributed by atoms with Gasteiger partial charge in [-0.25, -0.2) is 0 Å². The van der Waals surface area contributed by atoms with Crippen LogP contribution in [0.15, 0.2) is 18.2 Å². The molecule has 3 rings (SSSR count). The largest absolute Gasteiger partial charge is 0.355 e. The Labute approximate surface area is 171 Å². The average Bonchev–Trinajstić information content (AvgIpc) is 3.16. The first-order valence-corrected chi connectivity index (χ1v) is 11.5. The van der Waals surface area contributed by atoms with Gasteiger partial charge in [-0.05, 0) is 56.5 Å². The molecular formula is C20H28Cl2N2OS. The number of halogens is 2. The highest BCUT2D eigenvalue weighted by atomic mass is 35.5. The molecule has 3 nitrogen and oxygen atoms in total. The van der Waals surface area contributed by atoms with Crippen molar-refractivity contribution in [3.05, 3.63) is 33.8 Å². The molecule has 2 fully saturated rings. The molecule has 1 saturated carbocycles. The smallest absolute Gasteiger partial charge is 0.223 e. The van der Waals surface area contributed by atoms with Crippen molar-refractivity contribution in [3.63, 3.8) is 0 Å². The van der Waals surface area contributed by atoms with Crippen molar-refractivity contribution in [3.8, 4) is 0 Å². The van der Waals surface area contributed by atoms with E-state index < -0.39 is 0 Å². The fourth-order valence-electron chi connectivity index (χ4n) is 3.85. The van der Waals surface area contributed by atoms with Gasteiger partial charge in [0.15, 0.2) is 0 Å². The Bertz CT molecular complexity index is 599. The van der Waals surface area contributed by atoms with E-state index in [0.717, 1.165) is 50.0 Å². The minimum Gasteiger partial charge on any atom is -0.355 e. The van der Waals surface area contributed by atoms with Crippen molar-refractivity contribution in [2.24, 2.45) is 5.92 Å². The third-order valence-corrected chi connectivity index (χ3v) is 7.53. The third kappa shape index (κ3) is 6.05. The molecule has 144 valence electrons. The molecule has 26 heavy (non-hydrogen) atoms. The molecule has 0 unspecified atom stereocenters. The molecule has 1 heterocycles. The molecule has 0 atom stereocenters. The van der Waals surface area contributed by atoms with E-state index in [1.165, 1.54) is 31.2 Å². The van der Waals surface area contributed by atoms with Crippen molar-refractivity contribution >= 4 is 40.9 Å². The highest BCUT2D eigenvalue weighted by molar-refractivity contribution is 7.99. The zero-order valence-corrected chi connectivity index (χ0v) is 17.5. The Kier molecular flexibility index (Phi) is 7.98. The van der Waals surface area contributed by atoms with Gasteiger partial charge in [0.2, 0.25) is 5.91 Å². The van der Waals surface area contributed by atoms with Gasteiger partial charge < -0.3 is 5.32 Å². The predicted molar refractivity (Wildman–Crippen MR) is 112 cm³/mol. The minimum atomic E-state index is 0.163. The summed E-state index contributed by atoms with van der Waals surface area (Å²) in [6.07, 6.45) is 7.34. The van der Waals surface area contributed by atoms with E-state index in [0.29, 0.717) is 10.0 Å². The number of benzene rings is 1. The molecule has 2 aliphatic rings. The van der Waals surface area contributed by atoms with Gasteiger partial charge in [0.1, 0.15) is 0 Å². The number of hydrogen-bond donors (Lipinski definition) is 1. The number of nitrogens with zero attached hydrogens (tertiary/aromatic N) is 1. The van der Waals surface area contributed by atoms with Crippen LogP contribution in [0.1, 0.15) is 44.1 Å². The maximum Gasteiger partial charge on any atom is 0.223 e. The van der Waals surface area contributed by atoms with Gasteiger partial charge in [-0.1, -0.05) is 42.1 Å². The lowest BCUT2D eigenvalue weighted by Gasteiger charge is -2.31. The lowest BCUT2D eigenvalue weighted by Crippen LogP contribution is -2.40. The molecule has 0 spiro atoms. The molecule has 1 aromatic rings. The summed E-state index contributed by atoms with van der Waals surface area (Å²) >= 11 is 14.1. The topological polar surface area (TPSA) is 32.3 Å². The van der Waals surface area contributed by atoms with E-state index in [1.54, 1.807) is 0 Å². The molecule has 1 saturated heterocycles. The van der Waals surface area contributed by atoms with Crippen molar-refractivity contribution in [2.75, 3.05) is 25.4 Å². The van der Waals surface area contributed by atoms with Gasteiger partial charge in [0.25, 0.3) is 0 Å². The quantitative estimate of drug-likeness (QED) is 0.637. The van der Waals surface area contributed by atoms with Crippen LogP contribution in [-0.2, 0) is 11.3 Å². The second kappa shape index (κ2) is 10.2. The Balaban J connectivity index is 1.33. The van der Waals surface area contributed by atoms with Crippen LogP contribution in [0.4, 0.5) is 0 Å². The summed E-state index contributed by atoms with van der Waals surface area (Å²) in [5.41, 5.74) is 1.17. The predicted octanol–water partition coefficient (Wildman–Crippen LogP) is 5.00. The second-order valence-electron chi connectivity index (χ2n) is 7.37. The Morgan fingerprint density at radius 3 is 2.54 bits per heavy atom. The molecule has 1 aliphatic carbocycles. The van der Waals surface area contributed by atoms with Gasteiger partial charge in [-0.15, -0.1) is 0 Å². The van der Waals surface area contributed by atoms with Crippen molar-refractivity contribution < 1.29 is 4.79 Å². The lowest BCUT2D eigenvalue weighted by molar-refractivity contribution is -0.126. The fourth-order valence-corrected chi connectivity index (χ4v) is 5.39. The van der Waals surface area contributed by atoms with E-state index in [4.69, 9.17) is 23.2 Å². The molecule has 0 radical (unpaired) electrons. The highest BCUT2D eigenvalue weighted by Crippen LogP contribution is 2.29. The van der Waals surface area contributed by atoms with Gasteiger partial charge in [0, 0.05) is 30.0 Å². The summed E-state index contributed by atoms with van der Waals surface area (Å²) < 4.78 is 0.